The van der Waals surface area contributed by atoms with Crippen LogP contribution in [-0.2, 0) is 25.9 Å². The van der Waals surface area contributed by atoms with Gasteiger partial charge >= 0.3 is 0 Å². The molecule has 1 aromatic heterocycles. The summed E-state index contributed by atoms with van der Waals surface area (Å²) >= 11 is 0. The standard InChI is InChI=1S/C20H29N7O.HI/c1-21-20(23-14-18-25-24-17-9-4-5-12-27(17)18)22-11-10-15-7-6-8-16(13-15)19(28)26(2)3;/h6-8,13H,4-5,9-12,14H2,1-3H3,(H2,21,22,23);1H. The second-order valence-electron chi connectivity index (χ2n) is 7.14. The van der Waals surface area contributed by atoms with Gasteiger partial charge in [-0.05, 0) is 37.0 Å². The molecule has 29 heavy (non-hydrogen) atoms. The summed E-state index contributed by atoms with van der Waals surface area (Å²) in [6.45, 7) is 2.31. The molecule has 0 fully saturated rings. The minimum Gasteiger partial charge on any atom is -0.356 e. The monoisotopic (exact) mass is 511 g/mol. The Bertz CT molecular complexity index is 847. The highest BCUT2D eigenvalue weighted by Gasteiger charge is 2.15. The molecule has 0 spiro atoms. The van der Waals surface area contributed by atoms with E-state index in [4.69, 9.17) is 0 Å². The zero-order valence-corrected chi connectivity index (χ0v) is 19.6. The van der Waals surface area contributed by atoms with Crippen LogP contribution in [0.4, 0.5) is 0 Å². The van der Waals surface area contributed by atoms with Crippen molar-refractivity contribution in [2.24, 2.45) is 4.99 Å². The topological polar surface area (TPSA) is 87.4 Å². The van der Waals surface area contributed by atoms with Crippen LogP contribution in [0.3, 0.4) is 0 Å². The maximum atomic E-state index is 12.1. The summed E-state index contributed by atoms with van der Waals surface area (Å²) in [7, 11) is 5.28. The number of aryl methyl sites for hydroxylation is 1. The number of hydrogen-bond donors (Lipinski definition) is 2. The highest BCUT2D eigenvalue weighted by atomic mass is 127. The predicted molar refractivity (Wildman–Crippen MR) is 125 cm³/mol. The van der Waals surface area contributed by atoms with Gasteiger partial charge in [0.2, 0.25) is 0 Å². The van der Waals surface area contributed by atoms with Gasteiger partial charge in [0, 0.05) is 46.2 Å². The molecule has 0 bridgehead atoms. The van der Waals surface area contributed by atoms with Crippen molar-refractivity contribution >= 4 is 35.8 Å². The summed E-state index contributed by atoms with van der Waals surface area (Å²) < 4.78 is 2.21. The van der Waals surface area contributed by atoms with Crippen LogP contribution in [0.15, 0.2) is 29.3 Å². The summed E-state index contributed by atoms with van der Waals surface area (Å²) in [6, 6.07) is 7.75. The number of amides is 1. The van der Waals surface area contributed by atoms with Gasteiger partial charge < -0.3 is 20.1 Å². The zero-order valence-electron chi connectivity index (χ0n) is 17.3. The fourth-order valence-corrected chi connectivity index (χ4v) is 3.33. The van der Waals surface area contributed by atoms with E-state index in [2.05, 4.69) is 30.4 Å². The number of nitrogens with zero attached hydrogens (tertiary/aromatic N) is 5. The lowest BCUT2D eigenvalue weighted by Crippen LogP contribution is -2.38. The quantitative estimate of drug-likeness (QED) is 0.351. The number of benzene rings is 1. The summed E-state index contributed by atoms with van der Waals surface area (Å²) in [5, 5.41) is 15.2. The number of fused-ring (bicyclic) bond motifs is 1. The van der Waals surface area contributed by atoms with Gasteiger partial charge in [0.25, 0.3) is 5.91 Å². The Balaban J connectivity index is 0.00000300. The number of nitrogens with one attached hydrogen (secondary N) is 2. The maximum Gasteiger partial charge on any atom is 0.253 e. The molecule has 3 rings (SSSR count). The van der Waals surface area contributed by atoms with Gasteiger partial charge in [-0.3, -0.25) is 9.79 Å². The second kappa shape index (κ2) is 11.1. The molecule has 0 radical (unpaired) electrons. The number of carbonyl (C=O) groups excluding carboxylic acids is 1. The molecule has 0 saturated heterocycles. The number of halogens is 1. The van der Waals surface area contributed by atoms with E-state index in [9.17, 15) is 4.79 Å². The summed E-state index contributed by atoms with van der Waals surface area (Å²) in [6.07, 6.45) is 4.18. The van der Waals surface area contributed by atoms with Gasteiger partial charge in [-0.25, -0.2) is 0 Å². The van der Waals surface area contributed by atoms with Crippen molar-refractivity contribution in [1.29, 1.82) is 0 Å². The number of aliphatic imine (C=N–C) groups is 1. The van der Waals surface area contributed by atoms with Crippen molar-refractivity contribution in [2.75, 3.05) is 27.7 Å². The van der Waals surface area contributed by atoms with Crippen molar-refractivity contribution in [2.45, 2.75) is 38.8 Å². The Hall–Kier alpha value is -2.17. The molecule has 0 atom stereocenters. The van der Waals surface area contributed by atoms with Crippen LogP contribution < -0.4 is 10.6 Å². The Kier molecular flexibility index (Phi) is 8.87. The largest absolute Gasteiger partial charge is 0.356 e. The Morgan fingerprint density at radius 1 is 1.24 bits per heavy atom. The van der Waals surface area contributed by atoms with Gasteiger partial charge in [0.05, 0.1) is 6.54 Å². The van der Waals surface area contributed by atoms with E-state index >= 15 is 0 Å². The summed E-state index contributed by atoms with van der Waals surface area (Å²) in [5.41, 5.74) is 1.82. The molecule has 1 amide bonds. The smallest absolute Gasteiger partial charge is 0.253 e. The van der Waals surface area contributed by atoms with Gasteiger partial charge in [-0.2, -0.15) is 0 Å². The van der Waals surface area contributed by atoms with Gasteiger partial charge in [0.1, 0.15) is 5.82 Å². The van der Waals surface area contributed by atoms with Crippen LogP contribution in [0.2, 0.25) is 0 Å². The highest BCUT2D eigenvalue weighted by Crippen LogP contribution is 2.14. The number of hydrogen-bond acceptors (Lipinski definition) is 4. The Labute approximate surface area is 189 Å². The van der Waals surface area contributed by atoms with Crippen LogP contribution in [0.25, 0.3) is 0 Å². The van der Waals surface area contributed by atoms with Crippen molar-refractivity contribution in [3.05, 3.63) is 47.0 Å². The summed E-state index contributed by atoms with van der Waals surface area (Å²) in [5.74, 6) is 2.78. The van der Waals surface area contributed by atoms with Crippen LogP contribution in [-0.4, -0.2) is 59.2 Å². The average Bonchev–Trinajstić information content (AvgIpc) is 3.13. The summed E-state index contributed by atoms with van der Waals surface area (Å²) in [4.78, 5) is 18.0. The SMILES string of the molecule is CN=C(NCCc1cccc(C(=O)N(C)C)c1)NCc1nnc2n1CCCC2.I. The van der Waals surface area contributed by atoms with E-state index in [0.29, 0.717) is 12.1 Å². The first kappa shape index (κ1) is 23.1. The first-order chi connectivity index (χ1) is 13.6. The first-order valence-electron chi connectivity index (χ1n) is 9.74. The fraction of sp³-hybridized carbons (Fsp3) is 0.500. The van der Waals surface area contributed by atoms with Gasteiger partial charge in [0.15, 0.2) is 11.8 Å². The average molecular weight is 511 g/mol. The van der Waals surface area contributed by atoms with Crippen LogP contribution in [0.1, 0.15) is 40.4 Å². The molecule has 1 aliphatic rings. The highest BCUT2D eigenvalue weighted by molar-refractivity contribution is 14.0. The molecule has 158 valence electrons. The van der Waals surface area contributed by atoms with E-state index in [1.165, 1.54) is 12.8 Å². The lowest BCUT2D eigenvalue weighted by Gasteiger charge is -2.16. The van der Waals surface area contributed by atoms with Gasteiger partial charge in [-0.1, -0.05) is 12.1 Å². The van der Waals surface area contributed by atoms with E-state index in [1.54, 1.807) is 26.0 Å². The third-order valence-corrected chi connectivity index (χ3v) is 4.86. The maximum absolute atomic E-state index is 12.1. The first-order valence-corrected chi connectivity index (χ1v) is 9.74. The molecular formula is C20H30IN7O. The Morgan fingerprint density at radius 2 is 2.07 bits per heavy atom. The molecule has 2 aromatic rings. The number of guanidine groups is 1. The molecule has 8 nitrogen and oxygen atoms in total. The minimum atomic E-state index is 0. The molecular weight excluding hydrogens is 481 g/mol. The normalized spacial score (nSPS) is 13.3. The van der Waals surface area contributed by atoms with E-state index in [-0.39, 0.29) is 29.9 Å². The second-order valence-corrected chi connectivity index (χ2v) is 7.14. The van der Waals surface area contributed by atoms with E-state index < -0.39 is 0 Å². The van der Waals surface area contributed by atoms with E-state index in [0.717, 1.165) is 49.1 Å². The molecule has 2 heterocycles. The molecule has 1 aromatic carbocycles. The number of rotatable bonds is 6. The fourth-order valence-electron chi connectivity index (χ4n) is 3.33. The molecule has 0 aliphatic carbocycles. The van der Waals surface area contributed by atoms with Crippen molar-refractivity contribution in [1.82, 2.24) is 30.3 Å². The molecule has 2 N–H and O–H groups in total. The molecule has 0 unspecified atom stereocenters. The van der Waals surface area contributed by atoms with Crippen molar-refractivity contribution in [3.8, 4) is 0 Å². The zero-order chi connectivity index (χ0) is 19.9. The minimum absolute atomic E-state index is 0. The molecule has 0 saturated carbocycles. The van der Waals surface area contributed by atoms with Crippen LogP contribution in [0.5, 0.6) is 0 Å². The van der Waals surface area contributed by atoms with Crippen LogP contribution in [0, 0.1) is 0 Å². The lowest BCUT2D eigenvalue weighted by atomic mass is 10.1. The molecule has 1 aliphatic heterocycles. The van der Waals surface area contributed by atoms with Gasteiger partial charge in [-0.15, -0.1) is 34.2 Å². The lowest BCUT2D eigenvalue weighted by molar-refractivity contribution is 0.0827. The number of aromatic nitrogens is 3. The van der Waals surface area contributed by atoms with Crippen molar-refractivity contribution in [3.63, 3.8) is 0 Å². The van der Waals surface area contributed by atoms with Crippen LogP contribution >= 0.6 is 24.0 Å². The molecule has 9 heteroatoms. The van der Waals surface area contributed by atoms with Crippen molar-refractivity contribution < 1.29 is 4.79 Å². The predicted octanol–water partition coefficient (Wildman–Crippen LogP) is 1.84. The Morgan fingerprint density at radius 3 is 2.83 bits per heavy atom. The third kappa shape index (κ3) is 6.15. The number of carbonyl (C=O) groups is 1. The third-order valence-electron chi connectivity index (χ3n) is 4.86. The van der Waals surface area contributed by atoms with E-state index in [1.807, 2.05) is 24.3 Å².